The Morgan fingerprint density at radius 1 is 1.20 bits per heavy atom. The lowest BCUT2D eigenvalue weighted by Gasteiger charge is -2.18. The van der Waals surface area contributed by atoms with Crippen LogP contribution in [0, 0.1) is 0 Å². The van der Waals surface area contributed by atoms with Gasteiger partial charge in [0.05, 0.1) is 6.54 Å². The molecule has 2 N–H and O–H groups in total. The first-order valence-electron chi connectivity index (χ1n) is 7.43. The maximum Gasteiger partial charge on any atom is 0.123 e. The molecule has 3 heteroatoms. The number of hydrogen-bond acceptors (Lipinski definition) is 3. The van der Waals surface area contributed by atoms with Crippen LogP contribution >= 0.6 is 0 Å². The highest BCUT2D eigenvalue weighted by Crippen LogP contribution is 2.38. The van der Waals surface area contributed by atoms with Gasteiger partial charge in [-0.15, -0.1) is 0 Å². The third-order valence-electron chi connectivity index (χ3n) is 4.09. The number of fused-ring (bicyclic) bond motifs is 1. The largest absolute Gasteiger partial charge is 0.464 e. The Balaban J connectivity index is 1.80. The van der Waals surface area contributed by atoms with E-state index in [0.29, 0.717) is 5.92 Å². The van der Waals surface area contributed by atoms with Gasteiger partial charge >= 0.3 is 0 Å². The molecule has 0 spiro atoms. The van der Waals surface area contributed by atoms with Crippen LogP contribution in [0.3, 0.4) is 0 Å². The summed E-state index contributed by atoms with van der Waals surface area (Å²) in [6, 6.07) is 12.8. The molecule has 0 saturated heterocycles. The van der Waals surface area contributed by atoms with Gasteiger partial charge in [0.15, 0.2) is 0 Å². The Bertz CT molecular complexity index is 576. The standard InChI is InChI=1S/C17H22N2O/c1-2-14-7-8-15(20-14)12-19-11-13(9-10-18)16-5-3-4-6-17(16)19/h3-8,13H,2,9-12,18H2,1H3. The van der Waals surface area contributed by atoms with E-state index in [1.54, 1.807) is 0 Å². The molecule has 1 aromatic heterocycles. The molecule has 1 unspecified atom stereocenters. The van der Waals surface area contributed by atoms with Gasteiger partial charge in [0, 0.05) is 24.6 Å². The topological polar surface area (TPSA) is 42.4 Å². The van der Waals surface area contributed by atoms with Crippen molar-refractivity contribution in [3.05, 3.63) is 53.5 Å². The molecular formula is C17H22N2O. The lowest BCUT2D eigenvalue weighted by molar-refractivity contribution is 0.463. The summed E-state index contributed by atoms with van der Waals surface area (Å²) in [5.41, 5.74) is 8.51. The van der Waals surface area contributed by atoms with Crippen LogP contribution in [-0.2, 0) is 13.0 Å². The van der Waals surface area contributed by atoms with Crippen LogP contribution in [0.25, 0.3) is 0 Å². The van der Waals surface area contributed by atoms with Crippen LogP contribution < -0.4 is 10.6 Å². The van der Waals surface area contributed by atoms with Gasteiger partial charge in [-0.1, -0.05) is 25.1 Å². The van der Waals surface area contributed by atoms with E-state index >= 15 is 0 Å². The summed E-state index contributed by atoms with van der Waals surface area (Å²) in [4.78, 5) is 2.41. The zero-order chi connectivity index (χ0) is 13.9. The minimum Gasteiger partial charge on any atom is -0.464 e. The number of furan rings is 1. The van der Waals surface area contributed by atoms with Crippen LogP contribution in [0.2, 0.25) is 0 Å². The number of rotatable bonds is 5. The van der Waals surface area contributed by atoms with E-state index in [-0.39, 0.29) is 0 Å². The fourth-order valence-electron chi connectivity index (χ4n) is 3.07. The molecule has 1 atom stereocenters. The first-order chi connectivity index (χ1) is 9.81. The van der Waals surface area contributed by atoms with Crippen molar-refractivity contribution >= 4 is 5.69 Å². The van der Waals surface area contributed by atoms with Gasteiger partial charge in [-0.05, 0) is 36.7 Å². The molecule has 3 nitrogen and oxygen atoms in total. The van der Waals surface area contributed by atoms with E-state index < -0.39 is 0 Å². The van der Waals surface area contributed by atoms with Crippen LogP contribution in [0.5, 0.6) is 0 Å². The molecule has 2 heterocycles. The fraction of sp³-hybridized carbons (Fsp3) is 0.412. The second-order valence-corrected chi connectivity index (χ2v) is 5.44. The van der Waals surface area contributed by atoms with E-state index in [1.165, 1.54) is 11.3 Å². The maximum atomic E-state index is 5.84. The summed E-state index contributed by atoms with van der Waals surface area (Å²) in [6.07, 6.45) is 2.00. The summed E-state index contributed by atoms with van der Waals surface area (Å²) >= 11 is 0. The van der Waals surface area contributed by atoms with Gasteiger partial charge in [-0.25, -0.2) is 0 Å². The Hall–Kier alpha value is -1.74. The molecule has 20 heavy (non-hydrogen) atoms. The Kier molecular flexibility index (Phi) is 3.79. The first kappa shape index (κ1) is 13.3. The molecule has 0 aliphatic carbocycles. The molecule has 0 amide bonds. The smallest absolute Gasteiger partial charge is 0.123 e. The Labute approximate surface area is 120 Å². The van der Waals surface area contributed by atoms with E-state index in [0.717, 1.165) is 44.0 Å². The summed E-state index contributed by atoms with van der Waals surface area (Å²) in [5, 5.41) is 0. The quantitative estimate of drug-likeness (QED) is 0.906. The molecule has 1 aliphatic rings. The second kappa shape index (κ2) is 5.71. The molecule has 2 aromatic rings. The highest BCUT2D eigenvalue weighted by Gasteiger charge is 2.28. The Morgan fingerprint density at radius 3 is 2.75 bits per heavy atom. The monoisotopic (exact) mass is 270 g/mol. The molecule has 0 saturated carbocycles. The molecule has 0 radical (unpaired) electrons. The number of benzene rings is 1. The number of aryl methyl sites for hydroxylation is 1. The highest BCUT2D eigenvalue weighted by molar-refractivity contribution is 5.60. The molecule has 1 aliphatic heterocycles. The van der Waals surface area contributed by atoms with E-state index in [1.807, 2.05) is 0 Å². The Morgan fingerprint density at radius 2 is 2.00 bits per heavy atom. The van der Waals surface area contributed by atoms with Gasteiger partial charge in [-0.2, -0.15) is 0 Å². The number of hydrogen-bond donors (Lipinski definition) is 1. The normalized spacial score (nSPS) is 17.5. The lowest BCUT2D eigenvalue weighted by atomic mass is 9.98. The first-order valence-corrected chi connectivity index (χ1v) is 7.43. The van der Waals surface area contributed by atoms with Gasteiger partial charge in [0.25, 0.3) is 0 Å². The average Bonchev–Trinajstić information content (AvgIpc) is 3.06. The van der Waals surface area contributed by atoms with E-state index in [2.05, 4.69) is 48.2 Å². The lowest BCUT2D eigenvalue weighted by Crippen LogP contribution is -2.21. The van der Waals surface area contributed by atoms with E-state index in [9.17, 15) is 0 Å². The van der Waals surface area contributed by atoms with Crippen molar-refractivity contribution in [2.24, 2.45) is 5.73 Å². The van der Waals surface area contributed by atoms with Crippen molar-refractivity contribution in [3.63, 3.8) is 0 Å². The van der Waals surface area contributed by atoms with Crippen LogP contribution in [-0.4, -0.2) is 13.1 Å². The zero-order valence-electron chi connectivity index (χ0n) is 12.0. The van der Waals surface area contributed by atoms with Crippen LogP contribution in [0.15, 0.2) is 40.8 Å². The minimum absolute atomic E-state index is 0.553. The van der Waals surface area contributed by atoms with Gasteiger partial charge < -0.3 is 15.1 Å². The van der Waals surface area contributed by atoms with Crippen molar-refractivity contribution in [1.29, 1.82) is 0 Å². The van der Waals surface area contributed by atoms with Crippen molar-refractivity contribution in [2.45, 2.75) is 32.2 Å². The van der Waals surface area contributed by atoms with Crippen molar-refractivity contribution in [2.75, 3.05) is 18.0 Å². The van der Waals surface area contributed by atoms with Crippen molar-refractivity contribution in [3.8, 4) is 0 Å². The average molecular weight is 270 g/mol. The summed E-state index contributed by atoms with van der Waals surface area (Å²) in [5.74, 6) is 2.66. The third-order valence-corrected chi connectivity index (χ3v) is 4.09. The zero-order valence-corrected chi connectivity index (χ0v) is 12.0. The van der Waals surface area contributed by atoms with Gasteiger partial charge in [-0.3, -0.25) is 0 Å². The number of nitrogens with zero attached hydrogens (tertiary/aromatic N) is 1. The molecular weight excluding hydrogens is 248 g/mol. The second-order valence-electron chi connectivity index (χ2n) is 5.44. The van der Waals surface area contributed by atoms with Crippen LogP contribution in [0.4, 0.5) is 5.69 Å². The highest BCUT2D eigenvalue weighted by atomic mass is 16.3. The number of nitrogens with two attached hydrogens (primary N) is 1. The van der Waals surface area contributed by atoms with Crippen molar-refractivity contribution < 1.29 is 4.42 Å². The SMILES string of the molecule is CCc1ccc(CN2CC(CCN)c3ccccc32)o1. The van der Waals surface area contributed by atoms with Gasteiger partial charge in [0.2, 0.25) is 0 Å². The molecule has 0 fully saturated rings. The third kappa shape index (κ3) is 2.46. The maximum absolute atomic E-state index is 5.84. The predicted octanol–water partition coefficient (Wildman–Crippen LogP) is 3.29. The summed E-state index contributed by atoms with van der Waals surface area (Å²) < 4.78 is 5.84. The number of anilines is 1. The fourth-order valence-corrected chi connectivity index (χ4v) is 3.07. The molecule has 0 bridgehead atoms. The van der Waals surface area contributed by atoms with E-state index in [4.69, 9.17) is 10.2 Å². The summed E-state index contributed by atoms with van der Waals surface area (Å²) in [6.45, 7) is 4.75. The molecule has 3 rings (SSSR count). The predicted molar refractivity (Wildman–Crippen MR) is 82.0 cm³/mol. The van der Waals surface area contributed by atoms with Gasteiger partial charge in [0.1, 0.15) is 11.5 Å². The van der Waals surface area contributed by atoms with Crippen molar-refractivity contribution in [1.82, 2.24) is 0 Å². The summed E-state index contributed by atoms with van der Waals surface area (Å²) in [7, 11) is 0. The van der Waals surface area contributed by atoms with Crippen LogP contribution in [0.1, 0.15) is 36.3 Å². The number of para-hydroxylation sites is 1. The molecule has 1 aromatic carbocycles. The molecule has 106 valence electrons. The minimum atomic E-state index is 0.553.